The minimum Gasteiger partial charge on any atom is -0.461 e. The number of esters is 1. The number of ether oxygens (including phenoxy) is 1. The summed E-state index contributed by atoms with van der Waals surface area (Å²) in [4.78, 5) is 14.1. The summed E-state index contributed by atoms with van der Waals surface area (Å²) >= 11 is 0. The predicted molar refractivity (Wildman–Crippen MR) is 65.9 cm³/mol. The van der Waals surface area contributed by atoms with Gasteiger partial charge in [-0.25, -0.2) is 0 Å². The summed E-state index contributed by atoms with van der Waals surface area (Å²) in [6.07, 6.45) is 6.96. The van der Waals surface area contributed by atoms with Crippen molar-refractivity contribution in [2.75, 3.05) is 6.54 Å². The Hall–Kier alpha value is -1.36. The fourth-order valence-corrected chi connectivity index (χ4v) is 3.10. The van der Waals surface area contributed by atoms with Crippen molar-refractivity contribution >= 4 is 5.97 Å². The Morgan fingerprint density at radius 3 is 3.11 bits per heavy atom. The third-order valence-electron chi connectivity index (χ3n) is 3.92. The Kier molecular flexibility index (Phi) is 3.07. The molecule has 0 aromatic carbocycles. The minimum atomic E-state index is -0.0464. The van der Waals surface area contributed by atoms with Crippen LogP contribution in [0.3, 0.4) is 0 Å². The zero-order valence-electron chi connectivity index (χ0n) is 10.7. The molecule has 0 unspecified atom stereocenters. The summed E-state index contributed by atoms with van der Waals surface area (Å²) in [6.45, 7) is 3.83. The molecule has 98 valence electrons. The number of likely N-dealkylation sites (tertiary alicyclic amines) is 1. The van der Waals surface area contributed by atoms with Crippen LogP contribution in [0.15, 0.2) is 18.5 Å². The molecular formula is C13H19N3O2. The normalized spacial score (nSPS) is 32.9. The molecule has 2 fully saturated rings. The van der Waals surface area contributed by atoms with Crippen LogP contribution in [0, 0.1) is 0 Å². The lowest BCUT2D eigenvalue weighted by Gasteiger charge is -2.27. The molecule has 1 aromatic heterocycles. The van der Waals surface area contributed by atoms with E-state index >= 15 is 0 Å². The van der Waals surface area contributed by atoms with E-state index < -0.39 is 0 Å². The Labute approximate surface area is 107 Å². The molecule has 3 atom stereocenters. The van der Waals surface area contributed by atoms with Gasteiger partial charge in [0, 0.05) is 24.9 Å². The maximum Gasteiger partial charge on any atom is 0.323 e. The fourth-order valence-electron chi connectivity index (χ4n) is 3.10. The molecule has 0 radical (unpaired) electrons. The molecule has 2 aliphatic rings. The number of hydrogen-bond donors (Lipinski definition) is 0. The topological polar surface area (TPSA) is 47.4 Å². The van der Waals surface area contributed by atoms with Crippen LogP contribution in [0.5, 0.6) is 0 Å². The highest BCUT2D eigenvalue weighted by Gasteiger charge is 2.41. The van der Waals surface area contributed by atoms with Crippen LogP contribution in [-0.4, -0.2) is 45.4 Å². The summed E-state index contributed by atoms with van der Waals surface area (Å²) in [6, 6.07) is 2.31. The highest BCUT2D eigenvalue weighted by molar-refractivity contribution is 5.78. The van der Waals surface area contributed by atoms with Crippen LogP contribution >= 0.6 is 0 Å². The lowest BCUT2D eigenvalue weighted by molar-refractivity contribution is -0.145. The van der Waals surface area contributed by atoms with E-state index in [1.807, 2.05) is 23.9 Å². The van der Waals surface area contributed by atoms with Gasteiger partial charge in [0.25, 0.3) is 0 Å². The molecule has 2 saturated heterocycles. The number of rotatable bonds is 3. The molecule has 3 heterocycles. The largest absolute Gasteiger partial charge is 0.461 e. The number of nitrogens with zero attached hydrogens (tertiary/aromatic N) is 3. The summed E-state index contributed by atoms with van der Waals surface area (Å²) in [7, 11) is 0. The van der Waals surface area contributed by atoms with Crippen molar-refractivity contribution in [1.82, 2.24) is 14.7 Å². The van der Waals surface area contributed by atoms with E-state index in [2.05, 4.69) is 10.00 Å². The molecule has 1 aromatic rings. The Morgan fingerprint density at radius 2 is 2.44 bits per heavy atom. The van der Waals surface area contributed by atoms with E-state index in [1.165, 1.54) is 0 Å². The molecule has 0 N–H and O–H groups in total. The third-order valence-corrected chi connectivity index (χ3v) is 3.92. The van der Waals surface area contributed by atoms with E-state index in [0.29, 0.717) is 6.04 Å². The van der Waals surface area contributed by atoms with Gasteiger partial charge in [0.1, 0.15) is 12.1 Å². The van der Waals surface area contributed by atoms with E-state index in [-0.39, 0.29) is 18.1 Å². The first-order valence-electron chi connectivity index (χ1n) is 6.67. The number of cyclic esters (lactones) is 1. The lowest BCUT2D eigenvalue weighted by Crippen LogP contribution is -2.43. The van der Waals surface area contributed by atoms with Crippen LogP contribution in [0.4, 0.5) is 0 Å². The smallest absolute Gasteiger partial charge is 0.323 e. The van der Waals surface area contributed by atoms with Gasteiger partial charge in [0.2, 0.25) is 0 Å². The SMILES string of the molecule is C[C@@H]1C[C@H](N2CCC[C@@H]2Cn2cccn2)C(=O)O1. The quantitative estimate of drug-likeness (QED) is 0.751. The maximum absolute atomic E-state index is 11.8. The highest BCUT2D eigenvalue weighted by Crippen LogP contribution is 2.28. The molecule has 0 saturated carbocycles. The fraction of sp³-hybridized carbons (Fsp3) is 0.692. The molecule has 0 aliphatic carbocycles. The second kappa shape index (κ2) is 4.72. The second-order valence-electron chi connectivity index (χ2n) is 5.26. The average Bonchev–Trinajstić information content (AvgIpc) is 3.02. The molecule has 0 bridgehead atoms. The van der Waals surface area contributed by atoms with E-state index in [4.69, 9.17) is 4.74 Å². The standard InChI is InChI=1S/C13H19N3O2/c1-10-8-12(13(17)18-10)16-7-2-4-11(16)9-15-6-3-5-14-15/h3,5-6,10-12H,2,4,7-9H2,1H3/t10-,11-,12+/m1/s1. The minimum absolute atomic E-state index is 0.0388. The summed E-state index contributed by atoms with van der Waals surface area (Å²) in [5, 5.41) is 4.25. The number of carbonyl (C=O) groups excluding carboxylic acids is 1. The zero-order chi connectivity index (χ0) is 12.5. The van der Waals surface area contributed by atoms with E-state index in [9.17, 15) is 4.79 Å². The Morgan fingerprint density at radius 1 is 1.56 bits per heavy atom. The molecule has 5 heteroatoms. The Balaban J connectivity index is 1.69. The van der Waals surface area contributed by atoms with Crippen LogP contribution < -0.4 is 0 Å². The third kappa shape index (κ3) is 2.14. The van der Waals surface area contributed by atoms with Crippen molar-refractivity contribution in [2.45, 2.75) is 50.9 Å². The number of aromatic nitrogens is 2. The van der Waals surface area contributed by atoms with Gasteiger partial charge in [0.05, 0.1) is 6.54 Å². The first-order valence-corrected chi connectivity index (χ1v) is 6.67. The van der Waals surface area contributed by atoms with Crippen molar-refractivity contribution in [3.05, 3.63) is 18.5 Å². The van der Waals surface area contributed by atoms with Crippen LogP contribution in [0.2, 0.25) is 0 Å². The number of hydrogen-bond acceptors (Lipinski definition) is 4. The van der Waals surface area contributed by atoms with Gasteiger partial charge < -0.3 is 4.74 Å². The van der Waals surface area contributed by atoms with Gasteiger partial charge >= 0.3 is 5.97 Å². The molecule has 0 spiro atoms. The average molecular weight is 249 g/mol. The van der Waals surface area contributed by atoms with Crippen molar-refractivity contribution < 1.29 is 9.53 Å². The van der Waals surface area contributed by atoms with Crippen LogP contribution in [-0.2, 0) is 16.1 Å². The molecule has 5 nitrogen and oxygen atoms in total. The van der Waals surface area contributed by atoms with Crippen molar-refractivity contribution in [1.29, 1.82) is 0 Å². The van der Waals surface area contributed by atoms with Crippen molar-refractivity contribution in [3.8, 4) is 0 Å². The summed E-state index contributed by atoms with van der Waals surface area (Å²) in [5.41, 5.74) is 0. The summed E-state index contributed by atoms with van der Waals surface area (Å²) in [5.74, 6) is -0.0464. The van der Waals surface area contributed by atoms with Gasteiger partial charge in [-0.05, 0) is 32.4 Å². The van der Waals surface area contributed by atoms with Gasteiger partial charge in [-0.15, -0.1) is 0 Å². The van der Waals surface area contributed by atoms with E-state index in [0.717, 1.165) is 32.4 Å². The monoisotopic (exact) mass is 249 g/mol. The maximum atomic E-state index is 11.8. The van der Waals surface area contributed by atoms with Crippen LogP contribution in [0.25, 0.3) is 0 Å². The summed E-state index contributed by atoms with van der Waals surface area (Å²) < 4.78 is 7.22. The van der Waals surface area contributed by atoms with Gasteiger partial charge in [0.15, 0.2) is 0 Å². The van der Waals surface area contributed by atoms with Crippen molar-refractivity contribution in [3.63, 3.8) is 0 Å². The van der Waals surface area contributed by atoms with E-state index in [1.54, 1.807) is 6.20 Å². The molecule has 3 rings (SSSR count). The first-order chi connectivity index (χ1) is 8.74. The molecular weight excluding hydrogens is 230 g/mol. The molecule has 2 aliphatic heterocycles. The van der Waals surface area contributed by atoms with Crippen LogP contribution in [0.1, 0.15) is 26.2 Å². The molecule has 18 heavy (non-hydrogen) atoms. The van der Waals surface area contributed by atoms with Gasteiger partial charge in [-0.3, -0.25) is 14.4 Å². The van der Waals surface area contributed by atoms with Gasteiger partial charge in [-0.2, -0.15) is 5.10 Å². The zero-order valence-corrected chi connectivity index (χ0v) is 10.7. The highest BCUT2D eigenvalue weighted by atomic mass is 16.6. The molecule has 0 amide bonds. The first kappa shape index (κ1) is 11.7. The second-order valence-corrected chi connectivity index (χ2v) is 5.26. The van der Waals surface area contributed by atoms with Gasteiger partial charge in [-0.1, -0.05) is 0 Å². The predicted octanol–water partition coefficient (Wildman–Crippen LogP) is 1.05. The number of carbonyl (C=O) groups is 1. The Bertz CT molecular complexity index is 418. The van der Waals surface area contributed by atoms with Crippen molar-refractivity contribution in [2.24, 2.45) is 0 Å². The lowest BCUT2D eigenvalue weighted by atomic mass is 10.1.